The number of morpholine rings is 1. The summed E-state index contributed by atoms with van der Waals surface area (Å²) in [5, 5.41) is 41.2. The fraction of sp³-hybridized carbons (Fsp3) is 0.259. The number of nitrogens with one attached hydrogen (secondary N) is 2. The number of halogens is 1. The summed E-state index contributed by atoms with van der Waals surface area (Å²) in [4.78, 5) is 17.0. The molecule has 1 fully saturated rings. The van der Waals surface area contributed by atoms with Crippen molar-refractivity contribution in [2.75, 3.05) is 31.7 Å². The summed E-state index contributed by atoms with van der Waals surface area (Å²) in [6.07, 6.45) is 4.20. The lowest BCUT2D eigenvalue weighted by molar-refractivity contribution is -0.969. The quantitative estimate of drug-likeness (QED) is 0.123. The Hall–Kier alpha value is -5.35. The van der Waals surface area contributed by atoms with Crippen molar-refractivity contribution in [2.24, 2.45) is 4.99 Å². The molecule has 16 heteroatoms. The van der Waals surface area contributed by atoms with Crippen LogP contribution < -0.4 is 15.7 Å². The molecule has 15 nitrogen and oxygen atoms in total. The van der Waals surface area contributed by atoms with Crippen LogP contribution in [-0.4, -0.2) is 78.4 Å². The largest absolute Gasteiger partial charge is 0.598 e. The summed E-state index contributed by atoms with van der Waals surface area (Å²) < 4.78 is 27.7. The zero-order chi connectivity index (χ0) is 30.3. The van der Waals surface area contributed by atoms with Crippen LogP contribution in [0.4, 0.5) is 21.6 Å². The van der Waals surface area contributed by atoms with Crippen LogP contribution in [0.25, 0.3) is 16.4 Å². The molecule has 0 bridgehead atoms. The molecule has 1 atom stereocenters. The number of anilines is 2. The molecule has 5 aromatic rings. The maximum Gasteiger partial charge on any atom is 0.472 e. The standard InChI is InChI=1S/C27H27FN8O3.H2NO3/c1-17-23(34-27(37)39-15-22-14-38-8-7-29-22)13-36-25(17)26(30-16-32-36)33-21-5-6-24-19(10-21)11-31-35(24)12-18-3-2-4-20(28)9-18;2-1(3)4/h2-6,9-11,13,16,22,29H,7-8,12,14-15H2,1H3,(H,34,37)(H,30,32,33);(H2,2,3,4)/q;+1/p-1/t22-;/m0./s1. The van der Waals surface area contributed by atoms with Crippen molar-refractivity contribution in [1.29, 1.82) is 0 Å². The molecule has 224 valence electrons. The van der Waals surface area contributed by atoms with Crippen LogP contribution in [0.15, 0.2) is 66.2 Å². The second-order valence-electron chi connectivity index (χ2n) is 9.54. The van der Waals surface area contributed by atoms with E-state index in [1.165, 1.54) is 18.5 Å². The highest BCUT2D eigenvalue weighted by atomic mass is 19.1. The molecular weight excluding hydrogens is 565 g/mol. The number of aliphatic imine (C=N–C) groups is 1. The first-order valence-electron chi connectivity index (χ1n) is 13.1. The Balaban J connectivity index is 0.000000868. The lowest BCUT2D eigenvalue weighted by atomic mass is 10.2. The second-order valence-corrected chi connectivity index (χ2v) is 9.54. The minimum Gasteiger partial charge on any atom is -0.598 e. The Morgan fingerprint density at radius 3 is 2.91 bits per heavy atom. The first-order valence-corrected chi connectivity index (χ1v) is 13.1. The molecule has 4 N–H and O–H groups in total. The highest BCUT2D eigenvalue weighted by molar-refractivity contribution is 5.86. The molecule has 0 aliphatic carbocycles. The molecule has 0 saturated carbocycles. The SMILES string of the molecule is Cc1c(N=C([O-])OC[C@@H]2COCCN2)cn2ncnc(Nc3ccc4c(cnn4Cc4cccc(F)c4)c3)c12.O=[N+](O)O. The Morgan fingerprint density at radius 1 is 1.30 bits per heavy atom. The predicted octanol–water partition coefficient (Wildman–Crippen LogP) is 2.21. The first-order chi connectivity index (χ1) is 20.8. The van der Waals surface area contributed by atoms with Crippen molar-refractivity contribution in [2.45, 2.75) is 19.5 Å². The Labute approximate surface area is 243 Å². The van der Waals surface area contributed by atoms with Gasteiger partial charge in [0.15, 0.2) is 11.9 Å². The third-order valence-electron chi connectivity index (χ3n) is 6.54. The number of nitrogens with zero attached hydrogens (tertiary/aromatic N) is 7. The molecule has 0 spiro atoms. The van der Waals surface area contributed by atoms with Crippen LogP contribution in [0.2, 0.25) is 0 Å². The van der Waals surface area contributed by atoms with Crippen molar-refractivity contribution in [1.82, 2.24) is 29.7 Å². The Morgan fingerprint density at radius 2 is 2.14 bits per heavy atom. The van der Waals surface area contributed by atoms with E-state index in [9.17, 15) is 9.50 Å². The molecule has 2 aromatic carbocycles. The number of aromatic nitrogens is 5. The van der Waals surface area contributed by atoms with E-state index >= 15 is 0 Å². The van der Waals surface area contributed by atoms with E-state index in [-0.39, 0.29) is 18.5 Å². The van der Waals surface area contributed by atoms with Gasteiger partial charge in [0, 0.05) is 35.8 Å². The van der Waals surface area contributed by atoms with Crippen molar-refractivity contribution < 1.29 is 34.5 Å². The van der Waals surface area contributed by atoms with Crippen molar-refractivity contribution >= 4 is 39.7 Å². The van der Waals surface area contributed by atoms with Gasteiger partial charge in [-0.25, -0.2) is 29.3 Å². The molecule has 0 unspecified atom stereocenters. The van der Waals surface area contributed by atoms with Gasteiger partial charge in [-0.2, -0.15) is 10.2 Å². The van der Waals surface area contributed by atoms with Crippen LogP contribution in [0.1, 0.15) is 11.1 Å². The summed E-state index contributed by atoms with van der Waals surface area (Å²) in [5.41, 5.74) is 4.43. The zero-order valence-electron chi connectivity index (χ0n) is 22.9. The number of fused-ring (bicyclic) bond motifs is 2. The molecule has 43 heavy (non-hydrogen) atoms. The van der Waals surface area contributed by atoms with Crippen molar-refractivity contribution in [3.63, 3.8) is 0 Å². The molecule has 0 radical (unpaired) electrons. The number of benzene rings is 2. The molecule has 1 saturated heterocycles. The molecule has 3 aromatic heterocycles. The van der Waals surface area contributed by atoms with E-state index in [4.69, 9.17) is 24.8 Å². The van der Waals surface area contributed by atoms with Crippen LogP contribution in [0.3, 0.4) is 0 Å². The van der Waals surface area contributed by atoms with E-state index in [0.29, 0.717) is 36.8 Å². The molecule has 1 aliphatic rings. The van der Waals surface area contributed by atoms with Gasteiger partial charge in [0.25, 0.3) is 0 Å². The lowest BCUT2D eigenvalue weighted by Gasteiger charge is -2.27. The van der Waals surface area contributed by atoms with Crippen LogP contribution in [0.5, 0.6) is 0 Å². The number of aryl methyl sites for hydroxylation is 1. The van der Waals surface area contributed by atoms with Crippen LogP contribution >= 0.6 is 0 Å². The second kappa shape index (κ2) is 13.1. The monoisotopic (exact) mass is 593 g/mol. The lowest BCUT2D eigenvalue weighted by Crippen LogP contribution is -2.45. The third-order valence-corrected chi connectivity index (χ3v) is 6.54. The number of rotatable bonds is 7. The average molecular weight is 594 g/mol. The summed E-state index contributed by atoms with van der Waals surface area (Å²) in [5.74, 6) is 0.291. The van der Waals surface area contributed by atoms with Gasteiger partial charge in [0.05, 0.1) is 43.4 Å². The minimum atomic E-state index is -1.25. The maximum atomic E-state index is 13.6. The summed E-state index contributed by atoms with van der Waals surface area (Å²) in [6, 6.07) is 12.3. The number of ether oxygens (including phenoxy) is 2. The first kappa shape index (κ1) is 29.2. The normalized spacial score (nSPS) is 15.2. The molecule has 4 heterocycles. The summed E-state index contributed by atoms with van der Waals surface area (Å²) >= 11 is 0. The van der Waals surface area contributed by atoms with E-state index in [0.717, 1.165) is 34.3 Å². The topological polar surface area (TPSA) is 186 Å². The third kappa shape index (κ3) is 7.30. The Kier molecular flexibility index (Phi) is 8.88. The molecular formula is C27H28FN9O6. The van der Waals surface area contributed by atoms with E-state index in [1.54, 1.807) is 23.0 Å². The number of hydrogen-bond donors (Lipinski definition) is 4. The predicted molar refractivity (Wildman–Crippen MR) is 149 cm³/mol. The highest BCUT2D eigenvalue weighted by Crippen LogP contribution is 2.31. The Bertz CT molecular complexity index is 1760. The maximum absolute atomic E-state index is 13.6. The summed E-state index contributed by atoms with van der Waals surface area (Å²) in [6.45, 7) is 4.36. The minimum absolute atomic E-state index is 0.0421. The van der Waals surface area contributed by atoms with Gasteiger partial charge >= 0.3 is 5.09 Å². The van der Waals surface area contributed by atoms with Crippen molar-refractivity contribution in [3.8, 4) is 0 Å². The number of hydrogen-bond acceptors (Lipinski definition) is 10. The van der Waals surface area contributed by atoms with Gasteiger partial charge in [0.2, 0.25) is 0 Å². The highest BCUT2D eigenvalue weighted by Gasteiger charge is 2.15. The van der Waals surface area contributed by atoms with Gasteiger partial charge in [-0.05, 0) is 42.8 Å². The fourth-order valence-electron chi connectivity index (χ4n) is 4.62. The van der Waals surface area contributed by atoms with Gasteiger partial charge in [-0.1, -0.05) is 12.1 Å². The zero-order valence-corrected chi connectivity index (χ0v) is 22.9. The van der Waals surface area contributed by atoms with E-state index < -0.39 is 11.2 Å². The van der Waals surface area contributed by atoms with Crippen molar-refractivity contribution in [3.05, 3.63) is 83.0 Å². The molecule has 0 amide bonds. The van der Waals surface area contributed by atoms with Gasteiger partial charge in [0.1, 0.15) is 22.6 Å². The molecule has 6 rings (SSSR count). The van der Waals surface area contributed by atoms with Gasteiger partial charge in [-0.3, -0.25) is 4.68 Å². The fourth-order valence-corrected chi connectivity index (χ4v) is 4.62. The van der Waals surface area contributed by atoms with Gasteiger partial charge in [-0.15, -0.1) is 0 Å². The average Bonchev–Trinajstić information content (AvgIpc) is 3.52. The smallest absolute Gasteiger partial charge is 0.472 e. The summed E-state index contributed by atoms with van der Waals surface area (Å²) in [7, 11) is 0. The van der Waals surface area contributed by atoms with Crippen LogP contribution in [0, 0.1) is 17.6 Å². The van der Waals surface area contributed by atoms with Crippen LogP contribution in [-0.2, 0) is 16.0 Å². The van der Waals surface area contributed by atoms with E-state index in [2.05, 4.69) is 30.8 Å². The van der Waals surface area contributed by atoms with Gasteiger partial charge < -0.3 is 25.2 Å². The van der Waals surface area contributed by atoms with E-state index in [1.807, 2.05) is 35.9 Å². The molecule has 1 aliphatic heterocycles.